The lowest BCUT2D eigenvalue weighted by Crippen LogP contribution is -2.30. The second-order valence-corrected chi connectivity index (χ2v) is 7.98. The number of fused-ring (bicyclic) bond motifs is 2. The summed E-state index contributed by atoms with van der Waals surface area (Å²) in [5.74, 6) is 1.00. The van der Waals surface area contributed by atoms with Crippen LogP contribution in [0.5, 0.6) is 0 Å². The van der Waals surface area contributed by atoms with E-state index in [9.17, 15) is 9.59 Å². The van der Waals surface area contributed by atoms with Crippen LogP contribution in [0.25, 0.3) is 5.65 Å². The predicted molar refractivity (Wildman–Crippen MR) is 108 cm³/mol. The molecule has 0 atom stereocenters. The Hall–Kier alpha value is -2.12. The Bertz CT molecular complexity index is 1050. The molecule has 26 heavy (non-hydrogen) atoms. The molecule has 5 nitrogen and oxygen atoms in total. The van der Waals surface area contributed by atoms with Gasteiger partial charge in [0, 0.05) is 34.7 Å². The van der Waals surface area contributed by atoms with Crippen LogP contribution in [0, 0.1) is 0 Å². The number of anilines is 1. The SMILES string of the molecule is O=C(CSCc1cc(=O)n2cc(Br)ccc2n1)N1CCc2ccccc21. The molecule has 0 N–H and O–H groups in total. The largest absolute Gasteiger partial charge is 0.311 e. The van der Waals surface area contributed by atoms with Gasteiger partial charge in [0.2, 0.25) is 5.91 Å². The molecule has 0 saturated carbocycles. The number of rotatable bonds is 4. The molecule has 1 aliphatic heterocycles. The summed E-state index contributed by atoms with van der Waals surface area (Å²) in [6.07, 6.45) is 2.61. The Labute approximate surface area is 163 Å². The van der Waals surface area contributed by atoms with Crippen molar-refractivity contribution >= 4 is 44.9 Å². The summed E-state index contributed by atoms with van der Waals surface area (Å²) in [6, 6.07) is 13.2. The molecule has 7 heteroatoms. The number of aromatic nitrogens is 2. The van der Waals surface area contributed by atoms with Crippen LogP contribution in [0.1, 0.15) is 11.3 Å². The third-order valence-corrected chi connectivity index (χ3v) is 5.76. The number of pyridine rings is 1. The van der Waals surface area contributed by atoms with Crippen molar-refractivity contribution in [2.45, 2.75) is 12.2 Å². The number of para-hydroxylation sites is 1. The van der Waals surface area contributed by atoms with Gasteiger partial charge < -0.3 is 4.90 Å². The highest BCUT2D eigenvalue weighted by Crippen LogP contribution is 2.28. The van der Waals surface area contributed by atoms with Gasteiger partial charge in [0.1, 0.15) is 5.65 Å². The van der Waals surface area contributed by atoms with Crippen LogP contribution in [0.4, 0.5) is 5.69 Å². The van der Waals surface area contributed by atoms with Crippen LogP contribution in [0.15, 0.2) is 57.9 Å². The number of halogens is 1. The van der Waals surface area contributed by atoms with E-state index in [0.29, 0.717) is 22.8 Å². The first-order valence-corrected chi connectivity index (χ1v) is 10.2. The molecule has 0 aliphatic carbocycles. The first-order valence-electron chi connectivity index (χ1n) is 8.26. The smallest absolute Gasteiger partial charge is 0.258 e. The molecule has 3 heterocycles. The van der Waals surface area contributed by atoms with Crippen molar-refractivity contribution < 1.29 is 4.79 Å². The number of amides is 1. The maximum absolute atomic E-state index is 12.5. The van der Waals surface area contributed by atoms with Crippen molar-refractivity contribution in [3.05, 3.63) is 74.7 Å². The molecule has 3 aromatic rings. The molecule has 4 rings (SSSR count). The molecule has 132 valence electrons. The van der Waals surface area contributed by atoms with Crippen LogP contribution >= 0.6 is 27.7 Å². The van der Waals surface area contributed by atoms with Crippen LogP contribution < -0.4 is 10.5 Å². The summed E-state index contributed by atoms with van der Waals surface area (Å²) in [5.41, 5.74) is 3.42. The van der Waals surface area contributed by atoms with Gasteiger partial charge in [-0.25, -0.2) is 4.98 Å². The van der Waals surface area contributed by atoms with Gasteiger partial charge in [0.25, 0.3) is 5.56 Å². The third-order valence-electron chi connectivity index (χ3n) is 4.34. The third kappa shape index (κ3) is 3.41. The summed E-state index contributed by atoms with van der Waals surface area (Å²) >= 11 is 4.84. The first kappa shape index (κ1) is 17.3. The lowest BCUT2D eigenvalue weighted by atomic mass is 10.2. The second kappa shape index (κ2) is 7.25. The number of carbonyl (C=O) groups excluding carboxylic acids is 1. The van der Waals surface area contributed by atoms with Crippen molar-refractivity contribution in [2.24, 2.45) is 0 Å². The maximum Gasteiger partial charge on any atom is 0.258 e. The van der Waals surface area contributed by atoms with Crippen molar-refractivity contribution in [2.75, 3.05) is 17.2 Å². The minimum atomic E-state index is -0.119. The van der Waals surface area contributed by atoms with Gasteiger partial charge in [-0.1, -0.05) is 18.2 Å². The van der Waals surface area contributed by atoms with Crippen LogP contribution in [-0.2, 0) is 17.0 Å². The van der Waals surface area contributed by atoms with Gasteiger partial charge in [-0.2, -0.15) is 0 Å². The zero-order valence-corrected chi connectivity index (χ0v) is 16.3. The maximum atomic E-state index is 12.5. The Morgan fingerprint density at radius 2 is 2.08 bits per heavy atom. The molecule has 0 fully saturated rings. The molecule has 0 radical (unpaired) electrons. The highest BCUT2D eigenvalue weighted by atomic mass is 79.9. The number of carbonyl (C=O) groups is 1. The van der Waals surface area contributed by atoms with Crippen LogP contribution in [0.3, 0.4) is 0 Å². The van der Waals surface area contributed by atoms with Gasteiger partial charge in [0.15, 0.2) is 0 Å². The lowest BCUT2D eigenvalue weighted by Gasteiger charge is -2.17. The molecular formula is C19H16BrN3O2S. The first-order chi connectivity index (χ1) is 12.6. The summed E-state index contributed by atoms with van der Waals surface area (Å²) < 4.78 is 2.33. The summed E-state index contributed by atoms with van der Waals surface area (Å²) in [5, 5.41) is 0. The normalized spacial score (nSPS) is 13.2. The molecule has 0 saturated heterocycles. The van der Waals surface area contributed by atoms with Crippen molar-refractivity contribution in [3.8, 4) is 0 Å². The van der Waals surface area contributed by atoms with Gasteiger partial charge in [-0.15, -0.1) is 11.8 Å². The monoisotopic (exact) mass is 429 g/mol. The average molecular weight is 430 g/mol. The van der Waals surface area contributed by atoms with Crippen LogP contribution in [0.2, 0.25) is 0 Å². The van der Waals surface area contributed by atoms with E-state index in [4.69, 9.17) is 0 Å². The van der Waals surface area contributed by atoms with Gasteiger partial charge in [0.05, 0.1) is 11.4 Å². The van der Waals surface area contributed by atoms with E-state index in [1.54, 1.807) is 12.3 Å². The number of nitrogens with zero attached hydrogens (tertiary/aromatic N) is 3. The van der Waals surface area contributed by atoms with E-state index in [0.717, 1.165) is 23.1 Å². The van der Waals surface area contributed by atoms with Crippen LogP contribution in [-0.4, -0.2) is 27.6 Å². The Kier molecular flexibility index (Phi) is 4.82. The molecule has 0 unspecified atom stereocenters. The van der Waals surface area contributed by atoms with E-state index in [-0.39, 0.29) is 11.5 Å². The fourth-order valence-electron chi connectivity index (χ4n) is 3.12. The summed E-state index contributed by atoms with van der Waals surface area (Å²) in [6.45, 7) is 0.739. The van der Waals surface area contributed by atoms with E-state index in [1.807, 2.05) is 29.2 Å². The number of benzene rings is 1. The zero-order chi connectivity index (χ0) is 18.1. The number of hydrogen-bond donors (Lipinski definition) is 0. The van der Waals surface area contributed by atoms with E-state index < -0.39 is 0 Å². The van der Waals surface area contributed by atoms with E-state index in [1.165, 1.54) is 27.8 Å². The van der Waals surface area contributed by atoms with Crippen molar-refractivity contribution in [3.63, 3.8) is 0 Å². The van der Waals surface area contributed by atoms with Gasteiger partial charge in [-0.05, 0) is 46.1 Å². The summed E-state index contributed by atoms with van der Waals surface area (Å²) in [4.78, 5) is 31.1. The van der Waals surface area contributed by atoms with Gasteiger partial charge >= 0.3 is 0 Å². The quantitative estimate of drug-likeness (QED) is 0.638. The Balaban J connectivity index is 1.42. The molecule has 0 spiro atoms. The minimum absolute atomic E-state index is 0.0985. The molecule has 0 bridgehead atoms. The lowest BCUT2D eigenvalue weighted by molar-refractivity contribution is -0.116. The fraction of sp³-hybridized carbons (Fsp3) is 0.211. The molecule has 1 aromatic carbocycles. The summed E-state index contributed by atoms with van der Waals surface area (Å²) in [7, 11) is 0. The molecule has 1 amide bonds. The molecule has 2 aromatic heterocycles. The van der Waals surface area contributed by atoms with E-state index in [2.05, 4.69) is 27.0 Å². The van der Waals surface area contributed by atoms with Gasteiger partial charge in [-0.3, -0.25) is 14.0 Å². The predicted octanol–water partition coefficient (Wildman–Crippen LogP) is 3.28. The Morgan fingerprint density at radius 1 is 1.23 bits per heavy atom. The number of hydrogen-bond acceptors (Lipinski definition) is 4. The standard InChI is InChI=1S/C19H16BrN3O2S/c20-14-5-6-17-21-15(9-18(24)23(17)10-14)11-26-12-19(25)22-8-7-13-3-1-2-4-16(13)22/h1-6,9-10H,7-8,11-12H2. The molecular weight excluding hydrogens is 414 g/mol. The minimum Gasteiger partial charge on any atom is -0.311 e. The highest BCUT2D eigenvalue weighted by molar-refractivity contribution is 9.10. The zero-order valence-electron chi connectivity index (χ0n) is 13.9. The average Bonchev–Trinajstić information content (AvgIpc) is 3.06. The molecule has 1 aliphatic rings. The van der Waals surface area contributed by atoms with Crippen molar-refractivity contribution in [1.29, 1.82) is 0 Å². The highest BCUT2D eigenvalue weighted by Gasteiger charge is 2.23. The van der Waals surface area contributed by atoms with E-state index >= 15 is 0 Å². The Morgan fingerprint density at radius 3 is 2.96 bits per heavy atom. The van der Waals surface area contributed by atoms with Crippen molar-refractivity contribution in [1.82, 2.24) is 9.38 Å². The fourth-order valence-corrected chi connectivity index (χ4v) is 4.24. The topological polar surface area (TPSA) is 54.7 Å². The second-order valence-electron chi connectivity index (χ2n) is 6.08. The number of thioether (sulfide) groups is 1.